The summed E-state index contributed by atoms with van der Waals surface area (Å²) < 4.78 is 7.42. The van der Waals surface area contributed by atoms with Crippen LogP contribution in [-0.2, 0) is 6.42 Å². The molecular formula is C18H19ClN6O. The van der Waals surface area contributed by atoms with E-state index in [9.17, 15) is 5.26 Å². The Kier molecular flexibility index (Phi) is 4.70. The predicted molar refractivity (Wildman–Crippen MR) is 100 cm³/mol. The molecule has 0 bridgehead atoms. The number of hydrogen-bond acceptors (Lipinski definition) is 6. The fourth-order valence-corrected chi connectivity index (χ4v) is 3.44. The van der Waals surface area contributed by atoms with Gasteiger partial charge in [0.15, 0.2) is 5.65 Å². The molecular weight excluding hydrogens is 352 g/mol. The highest BCUT2D eigenvalue weighted by Crippen LogP contribution is 2.38. The zero-order chi connectivity index (χ0) is 19.0. The molecule has 0 aliphatic heterocycles. The van der Waals surface area contributed by atoms with Crippen molar-refractivity contribution < 1.29 is 4.74 Å². The van der Waals surface area contributed by atoms with Crippen molar-refractivity contribution in [2.24, 2.45) is 0 Å². The Bertz CT molecular complexity index is 1040. The number of rotatable bonds is 4. The molecule has 2 aromatic heterocycles. The maximum Gasteiger partial charge on any atom is 0.164 e. The molecule has 1 atom stereocenters. The Morgan fingerprint density at radius 3 is 2.77 bits per heavy atom. The molecule has 0 saturated carbocycles. The first-order valence-electron chi connectivity index (χ1n) is 8.08. The molecule has 3 aromatic rings. The zero-order valence-corrected chi connectivity index (χ0v) is 15.8. The van der Waals surface area contributed by atoms with Crippen molar-refractivity contribution in [3.63, 3.8) is 0 Å². The smallest absolute Gasteiger partial charge is 0.164 e. The maximum absolute atomic E-state index is 9.18. The minimum atomic E-state index is -0.231. The average Bonchev–Trinajstić information content (AvgIpc) is 2.96. The van der Waals surface area contributed by atoms with Gasteiger partial charge in [0.1, 0.15) is 17.9 Å². The third kappa shape index (κ3) is 2.72. The molecule has 26 heavy (non-hydrogen) atoms. The first kappa shape index (κ1) is 18.0. The van der Waals surface area contributed by atoms with E-state index in [1.165, 1.54) is 6.33 Å². The van der Waals surface area contributed by atoms with Gasteiger partial charge in [-0.15, -0.1) is 0 Å². The topological polar surface area (TPSA) is 103 Å². The van der Waals surface area contributed by atoms with Crippen LogP contribution < -0.4 is 10.5 Å². The minimum absolute atomic E-state index is 0.212. The van der Waals surface area contributed by atoms with E-state index in [1.807, 2.05) is 26.8 Å². The van der Waals surface area contributed by atoms with Crippen LogP contribution in [0.5, 0.6) is 5.75 Å². The molecule has 0 saturated heterocycles. The van der Waals surface area contributed by atoms with Gasteiger partial charge in [0.25, 0.3) is 0 Å². The first-order valence-corrected chi connectivity index (χ1v) is 8.46. The number of aromatic nitrogens is 4. The summed E-state index contributed by atoms with van der Waals surface area (Å²) in [5, 5.41) is 15.1. The second kappa shape index (κ2) is 6.81. The molecule has 0 aliphatic carbocycles. The first-order chi connectivity index (χ1) is 12.4. The van der Waals surface area contributed by atoms with Crippen LogP contribution in [0.25, 0.3) is 11.0 Å². The van der Waals surface area contributed by atoms with Crippen molar-refractivity contribution >= 4 is 28.5 Å². The highest BCUT2D eigenvalue weighted by Gasteiger charge is 2.24. The van der Waals surface area contributed by atoms with E-state index in [-0.39, 0.29) is 12.5 Å². The van der Waals surface area contributed by atoms with Gasteiger partial charge in [-0.3, -0.25) is 0 Å². The number of benzene rings is 1. The third-order valence-electron chi connectivity index (χ3n) is 4.60. The summed E-state index contributed by atoms with van der Waals surface area (Å²) in [6.07, 6.45) is 1.63. The molecule has 0 amide bonds. The largest absolute Gasteiger partial charge is 0.496 e. The van der Waals surface area contributed by atoms with Crippen LogP contribution in [0.4, 0.5) is 5.82 Å². The second-order valence-electron chi connectivity index (χ2n) is 6.08. The van der Waals surface area contributed by atoms with Crippen LogP contribution in [0.15, 0.2) is 12.4 Å². The Morgan fingerprint density at radius 1 is 1.38 bits per heavy atom. The van der Waals surface area contributed by atoms with Gasteiger partial charge < -0.3 is 10.5 Å². The summed E-state index contributed by atoms with van der Waals surface area (Å²) in [4.78, 5) is 8.39. The van der Waals surface area contributed by atoms with E-state index in [1.54, 1.807) is 11.8 Å². The van der Waals surface area contributed by atoms with E-state index in [4.69, 9.17) is 22.1 Å². The van der Waals surface area contributed by atoms with Gasteiger partial charge in [-0.2, -0.15) is 10.4 Å². The molecule has 2 N–H and O–H groups in total. The van der Waals surface area contributed by atoms with E-state index < -0.39 is 0 Å². The van der Waals surface area contributed by atoms with Crippen molar-refractivity contribution in [2.45, 2.75) is 33.2 Å². The number of ether oxygens (including phenoxy) is 1. The Hall–Kier alpha value is -2.85. The normalized spacial score (nSPS) is 12.2. The summed E-state index contributed by atoms with van der Waals surface area (Å²) >= 11 is 6.42. The van der Waals surface area contributed by atoms with Crippen LogP contribution in [0.1, 0.15) is 35.3 Å². The molecule has 1 unspecified atom stereocenters. The standard InChI is InChI=1S/C18H19ClN6O/c1-9-12(5-6-20)16(26-4)13(7-14(9)19)11(3)25-18-15(10(2)24-25)17(21)22-8-23-18/h7-8,11H,5H2,1-4H3,(H2,21,22,23). The van der Waals surface area contributed by atoms with E-state index in [0.29, 0.717) is 22.2 Å². The Labute approximate surface area is 156 Å². The quantitative estimate of drug-likeness (QED) is 0.755. The number of aryl methyl sites for hydroxylation is 1. The Morgan fingerprint density at radius 2 is 2.12 bits per heavy atom. The minimum Gasteiger partial charge on any atom is -0.496 e. The lowest BCUT2D eigenvalue weighted by atomic mass is 9.97. The molecule has 0 fully saturated rings. The molecule has 0 radical (unpaired) electrons. The van der Waals surface area contributed by atoms with E-state index in [0.717, 1.165) is 27.8 Å². The van der Waals surface area contributed by atoms with Crippen molar-refractivity contribution in [3.05, 3.63) is 39.8 Å². The van der Waals surface area contributed by atoms with Gasteiger partial charge in [0.2, 0.25) is 0 Å². The molecule has 1 aromatic carbocycles. The summed E-state index contributed by atoms with van der Waals surface area (Å²) in [6, 6.07) is 3.80. The van der Waals surface area contributed by atoms with Gasteiger partial charge in [0.05, 0.1) is 36.7 Å². The summed E-state index contributed by atoms with van der Waals surface area (Å²) in [5.74, 6) is 1.04. The summed E-state index contributed by atoms with van der Waals surface area (Å²) in [5.41, 5.74) is 9.83. The fourth-order valence-electron chi connectivity index (χ4n) is 3.21. The number of hydrogen-bond donors (Lipinski definition) is 1. The number of anilines is 1. The number of nitrogens with two attached hydrogens (primary N) is 1. The van der Waals surface area contributed by atoms with E-state index >= 15 is 0 Å². The van der Waals surface area contributed by atoms with Crippen LogP contribution >= 0.6 is 11.6 Å². The molecule has 2 heterocycles. The second-order valence-corrected chi connectivity index (χ2v) is 6.49. The van der Waals surface area contributed by atoms with Gasteiger partial charge in [0, 0.05) is 16.1 Å². The molecule has 3 rings (SSSR count). The lowest BCUT2D eigenvalue weighted by molar-refractivity contribution is 0.397. The zero-order valence-electron chi connectivity index (χ0n) is 15.0. The van der Waals surface area contributed by atoms with Crippen molar-refractivity contribution in [3.8, 4) is 11.8 Å². The highest BCUT2D eigenvalue weighted by atomic mass is 35.5. The van der Waals surface area contributed by atoms with Crippen LogP contribution in [0.2, 0.25) is 5.02 Å². The highest BCUT2D eigenvalue weighted by molar-refractivity contribution is 6.31. The van der Waals surface area contributed by atoms with Crippen LogP contribution in [-0.4, -0.2) is 26.9 Å². The monoisotopic (exact) mass is 370 g/mol. The number of nitrogens with zero attached hydrogens (tertiary/aromatic N) is 5. The lowest BCUT2D eigenvalue weighted by Gasteiger charge is -2.21. The van der Waals surface area contributed by atoms with Gasteiger partial charge >= 0.3 is 0 Å². The van der Waals surface area contributed by atoms with Crippen LogP contribution in [0.3, 0.4) is 0 Å². The number of halogens is 1. The molecule has 0 aliphatic rings. The number of nitriles is 1. The number of methoxy groups -OCH3 is 1. The molecule has 8 heteroatoms. The van der Waals surface area contributed by atoms with E-state index in [2.05, 4.69) is 21.1 Å². The summed E-state index contributed by atoms with van der Waals surface area (Å²) in [6.45, 7) is 5.73. The van der Waals surface area contributed by atoms with Gasteiger partial charge in [-0.1, -0.05) is 11.6 Å². The Balaban J connectivity index is 2.25. The third-order valence-corrected chi connectivity index (χ3v) is 4.99. The lowest BCUT2D eigenvalue weighted by Crippen LogP contribution is -2.12. The number of fused-ring (bicyclic) bond motifs is 1. The SMILES string of the molecule is COc1c(C(C)n2nc(C)c3c(N)ncnc32)cc(Cl)c(C)c1CC#N. The average molecular weight is 371 g/mol. The van der Waals surface area contributed by atoms with Crippen LogP contribution in [0, 0.1) is 25.2 Å². The van der Waals surface area contributed by atoms with Crippen molar-refractivity contribution in [1.82, 2.24) is 19.7 Å². The van der Waals surface area contributed by atoms with Gasteiger partial charge in [-0.25, -0.2) is 14.6 Å². The fraction of sp³-hybridized carbons (Fsp3) is 0.333. The molecule has 134 valence electrons. The molecule has 7 nitrogen and oxygen atoms in total. The maximum atomic E-state index is 9.18. The molecule has 0 spiro atoms. The van der Waals surface area contributed by atoms with Gasteiger partial charge in [-0.05, 0) is 32.4 Å². The predicted octanol–water partition coefficient (Wildman–Crippen LogP) is 3.36. The summed E-state index contributed by atoms with van der Waals surface area (Å²) in [7, 11) is 1.59. The van der Waals surface area contributed by atoms with Crippen molar-refractivity contribution in [2.75, 3.05) is 12.8 Å². The van der Waals surface area contributed by atoms with Crippen molar-refractivity contribution in [1.29, 1.82) is 5.26 Å². The number of nitrogen functional groups attached to an aromatic ring is 1.